The van der Waals surface area contributed by atoms with Gasteiger partial charge in [-0.25, -0.2) is 28.1 Å². The molecule has 2 heterocycles. The highest BCUT2D eigenvalue weighted by Gasteiger charge is 2.74. The van der Waals surface area contributed by atoms with E-state index in [2.05, 4.69) is 83.9 Å². The topological polar surface area (TPSA) is 122 Å². The fourth-order valence-electron chi connectivity index (χ4n) is 5.22. The first-order valence-corrected chi connectivity index (χ1v) is 20.4. The molecule has 0 fully saturated rings. The lowest BCUT2D eigenvalue weighted by atomic mass is 9.92. The van der Waals surface area contributed by atoms with Crippen molar-refractivity contribution in [2.24, 2.45) is 0 Å². The highest BCUT2D eigenvalue weighted by Crippen LogP contribution is 2.55. The third-order valence-corrected chi connectivity index (χ3v) is 11.5. The van der Waals surface area contributed by atoms with Crippen LogP contribution in [0.4, 0.5) is 67.2 Å². The molecule has 2 N–H and O–H groups in total. The van der Waals surface area contributed by atoms with Gasteiger partial charge in [-0.1, -0.05) is 31.9 Å². The van der Waals surface area contributed by atoms with Gasteiger partial charge in [-0.05, 0) is 122 Å². The number of aromatic nitrogens is 6. The first-order valence-electron chi connectivity index (χ1n) is 16.9. The van der Waals surface area contributed by atoms with Crippen molar-refractivity contribution in [3.05, 3.63) is 144 Å². The Labute approximate surface area is 393 Å². The van der Waals surface area contributed by atoms with E-state index in [0.717, 1.165) is 5.69 Å². The van der Waals surface area contributed by atoms with Crippen LogP contribution in [0.15, 0.2) is 116 Å². The Bertz CT molecular complexity index is 2540. The zero-order valence-electron chi connectivity index (χ0n) is 31.2. The van der Waals surface area contributed by atoms with Crippen LogP contribution in [-0.2, 0) is 17.8 Å². The molecule has 0 spiro atoms. The van der Waals surface area contributed by atoms with Gasteiger partial charge in [0, 0.05) is 46.6 Å². The molecule has 0 atom stereocenters. The molecule has 28 heteroatoms. The minimum Gasteiger partial charge on any atom is -0.397 e. The van der Waals surface area contributed by atoms with Gasteiger partial charge >= 0.3 is 36.0 Å². The summed E-state index contributed by atoms with van der Waals surface area (Å²) in [5, 5.41) is 7.42. The second-order valence-corrected chi connectivity index (χ2v) is 16.5. The summed E-state index contributed by atoms with van der Waals surface area (Å²) in [5.41, 5.74) is -6.92. The number of carbonyl (C=O) groups is 2. The van der Waals surface area contributed by atoms with Gasteiger partial charge in [-0.15, -0.1) is 0 Å². The van der Waals surface area contributed by atoms with Gasteiger partial charge in [0.15, 0.2) is 5.78 Å². The molecule has 6 rings (SSSR count). The number of halogens is 19. The van der Waals surface area contributed by atoms with Crippen molar-refractivity contribution >= 4 is 92.0 Å². The van der Waals surface area contributed by atoms with E-state index in [0.29, 0.717) is 35.5 Å². The number of Topliss-reactive ketones (excluding diaryl/α,β-unsaturated/α-hetero) is 1. The number of nitrogens with two attached hydrogens (primary N) is 1. The van der Waals surface area contributed by atoms with Crippen molar-refractivity contribution in [1.82, 2.24) is 29.5 Å². The van der Waals surface area contributed by atoms with Gasteiger partial charge in [-0.2, -0.15) is 62.9 Å². The van der Waals surface area contributed by atoms with Crippen LogP contribution in [0.25, 0.3) is 11.4 Å². The predicted octanol–water partition coefficient (Wildman–Crippen LogP) is 13.2. The largest absolute Gasteiger partial charge is 0.435 e. The van der Waals surface area contributed by atoms with Crippen LogP contribution < -0.4 is 5.73 Å². The monoisotopic (exact) mass is 1210 g/mol. The zero-order valence-corrected chi connectivity index (χ0v) is 38.3. The third-order valence-electron chi connectivity index (χ3n) is 8.57. The van der Waals surface area contributed by atoms with Gasteiger partial charge in [0.25, 0.3) is 5.24 Å². The molecule has 0 radical (unpaired) electrons. The average Bonchev–Trinajstić information content (AvgIpc) is 3.96. The van der Waals surface area contributed by atoms with E-state index in [-0.39, 0.29) is 41.1 Å². The summed E-state index contributed by atoms with van der Waals surface area (Å²) in [7, 11) is 0. The van der Waals surface area contributed by atoms with Crippen molar-refractivity contribution in [2.45, 2.75) is 42.5 Å². The van der Waals surface area contributed by atoms with Crippen LogP contribution in [-0.4, -0.2) is 65.3 Å². The van der Waals surface area contributed by atoms with E-state index in [1.807, 2.05) is 0 Å². The normalized spacial score (nSPS) is 12.5. The standard InChI is InChI=1S/C19H10Br2F7N3O.C9H4Br2F7N.C9H6ClN3O/c20-14-5-11(17(22,18(23,24)25)19(26,27)28)6-15(21)13(14)7-16(32)10-1-3-12(4-2-10)31-9-29-8-30-31;10-4-1-3(2-5(11)6(4)19)7(12,8(13,14)15)9(16,17)18;10-9(14)7-1-3-8(4-2-7)13-6-11-5-12-13/h1-6,8-9H,7H2;1-2H,19H2;1-6H. The SMILES string of the molecule is Nc1c(Br)cc(C(F)(C(F)(F)F)C(F)(F)F)cc1Br.O=C(Cc1c(Br)cc(C(F)(C(F)(F)F)C(F)(F)F)cc1Br)c1ccc(-n2cncn2)cc1.O=C(Cl)c1ccc(-n2cncn2)cc1. The van der Waals surface area contributed by atoms with Gasteiger partial charge in [-0.3, -0.25) is 9.59 Å². The molecule has 0 aliphatic carbocycles. The molecule has 65 heavy (non-hydrogen) atoms. The van der Waals surface area contributed by atoms with Gasteiger partial charge < -0.3 is 5.73 Å². The van der Waals surface area contributed by atoms with Crippen LogP contribution in [0.1, 0.15) is 37.4 Å². The van der Waals surface area contributed by atoms with E-state index >= 15 is 0 Å². The first kappa shape index (κ1) is 53.1. The number of nitrogen functional groups attached to an aromatic ring is 1. The Kier molecular flexibility index (Phi) is 16.5. The Morgan fingerprint density at radius 1 is 0.538 bits per heavy atom. The minimum atomic E-state index is -6.24. The molecule has 0 amide bonds. The Balaban J connectivity index is 0.000000236. The molecule has 9 nitrogen and oxygen atoms in total. The Hall–Kier alpha value is -4.47. The first-order chi connectivity index (χ1) is 29.8. The summed E-state index contributed by atoms with van der Waals surface area (Å²) in [5.74, 6) is -0.470. The van der Waals surface area contributed by atoms with E-state index in [9.17, 15) is 71.1 Å². The van der Waals surface area contributed by atoms with E-state index in [4.69, 9.17) is 17.3 Å². The van der Waals surface area contributed by atoms with E-state index in [1.165, 1.54) is 35.8 Å². The van der Waals surface area contributed by atoms with Gasteiger partial charge in [0.05, 0.1) is 17.1 Å². The lowest BCUT2D eigenvalue weighted by Gasteiger charge is -2.31. The summed E-state index contributed by atoms with van der Waals surface area (Å²) in [6.07, 6.45) is -19.4. The molecule has 4 aromatic carbocycles. The molecule has 6 aromatic rings. The fourth-order valence-corrected chi connectivity index (χ4v) is 8.00. The molecule has 0 bridgehead atoms. The van der Waals surface area contributed by atoms with Crippen molar-refractivity contribution in [3.8, 4) is 11.4 Å². The van der Waals surface area contributed by atoms with Crippen molar-refractivity contribution < 1.29 is 71.1 Å². The lowest BCUT2D eigenvalue weighted by Crippen LogP contribution is -2.50. The number of carbonyl (C=O) groups excluding carboxylic acids is 2. The molecule has 0 aliphatic rings. The molecule has 0 aliphatic heterocycles. The summed E-state index contributed by atoms with van der Waals surface area (Å²) in [6.45, 7) is 0. The van der Waals surface area contributed by atoms with Crippen molar-refractivity contribution in [2.75, 3.05) is 5.73 Å². The fraction of sp³-hybridized carbons (Fsp3) is 0.189. The highest BCUT2D eigenvalue weighted by atomic mass is 79.9. The number of hydrogen-bond acceptors (Lipinski definition) is 7. The Morgan fingerprint density at radius 3 is 1.15 bits per heavy atom. The number of anilines is 1. The summed E-state index contributed by atoms with van der Waals surface area (Å²) in [4.78, 5) is 31.0. The smallest absolute Gasteiger partial charge is 0.397 e. The lowest BCUT2D eigenvalue weighted by molar-refractivity contribution is -0.349. The number of nitrogens with zero attached hydrogens (tertiary/aromatic N) is 6. The maximum Gasteiger partial charge on any atom is 0.435 e. The summed E-state index contributed by atoms with van der Waals surface area (Å²) < 4.78 is 183. The Morgan fingerprint density at radius 2 is 0.862 bits per heavy atom. The number of alkyl halides is 14. The maximum absolute atomic E-state index is 14.3. The third kappa shape index (κ3) is 11.7. The molecular weight excluding hydrogens is 1200 g/mol. The minimum absolute atomic E-state index is 0.0609. The second-order valence-electron chi connectivity index (χ2n) is 12.7. The van der Waals surface area contributed by atoms with Crippen LogP contribution in [0.5, 0.6) is 0 Å². The van der Waals surface area contributed by atoms with Gasteiger partial charge in [0.2, 0.25) is 0 Å². The maximum atomic E-state index is 14.3. The summed E-state index contributed by atoms with van der Waals surface area (Å²) >= 11 is 16.4. The second kappa shape index (κ2) is 20.2. The van der Waals surface area contributed by atoms with Crippen LogP contribution in [0.3, 0.4) is 0 Å². The van der Waals surface area contributed by atoms with Crippen LogP contribution in [0, 0.1) is 0 Å². The van der Waals surface area contributed by atoms with E-state index < -0.39 is 58.2 Å². The van der Waals surface area contributed by atoms with Gasteiger partial charge in [0.1, 0.15) is 25.3 Å². The highest BCUT2D eigenvalue weighted by molar-refractivity contribution is 9.11. The molecule has 0 saturated carbocycles. The van der Waals surface area contributed by atoms with E-state index in [1.54, 1.807) is 47.4 Å². The molecular formula is C37H20Br4ClF14N7O2. The summed E-state index contributed by atoms with van der Waals surface area (Å²) in [6, 6.07) is 14.4. The number of hydrogen-bond donors (Lipinski definition) is 1. The predicted molar refractivity (Wildman–Crippen MR) is 219 cm³/mol. The van der Waals surface area contributed by atoms with Crippen molar-refractivity contribution in [3.63, 3.8) is 0 Å². The zero-order chi connectivity index (χ0) is 49.1. The van der Waals surface area contributed by atoms with Crippen LogP contribution in [0.2, 0.25) is 0 Å². The number of ketones is 1. The molecule has 0 unspecified atom stereocenters. The average molecular weight is 1220 g/mol. The number of rotatable bonds is 8. The molecule has 2 aromatic heterocycles. The number of benzene rings is 4. The van der Waals surface area contributed by atoms with Crippen LogP contribution >= 0.6 is 75.3 Å². The molecule has 0 saturated heterocycles. The quantitative estimate of drug-likeness (QED) is 0.0697. The van der Waals surface area contributed by atoms with Crippen molar-refractivity contribution in [1.29, 1.82) is 0 Å². The molecule has 348 valence electrons.